The number of nitrogens with one attached hydrogen (secondary N) is 2. The molecule has 0 spiro atoms. The molecular weight excluding hydrogens is 312 g/mol. The third-order valence-electron chi connectivity index (χ3n) is 2.72. The predicted molar refractivity (Wildman–Crippen MR) is 90.1 cm³/mol. The molecule has 0 aromatic heterocycles. The van der Waals surface area contributed by atoms with Gasteiger partial charge in [-0.15, -0.1) is 0 Å². The van der Waals surface area contributed by atoms with Gasteiger partial charge < -0.3 is 15.4 Å². The van der Waals surface area contributed by atoms with Crippen LogP contribution in [0.5, 0.6) is 5.75 Å². The molecule has 7 nitrogen and oxygen atoms in total. The fraction of sp³-hybridized carbons (Fsp3) is 0.412. The lowest BCUT2D eigenvalue weighted by atomic mass is 10.2. The number of Topliss-reactive ketones (excluding diaryl/α,β-unsaturated/α-hetero) is 2. The Kier molecular flexibility index (Phi) is 7.10. The van der Waals surface area contributed by atoms with E-state index in [0.29, 0.717) is 17.1 Å². The number of carbonyl (C=O) groups is 4. The van der Waals surface area contributed by atoms with Gasteiger partial charge in [0.25, 0.3) is 0 Å². The van der Waals surface area contributed by atoms with Gasteiger partial charge in [-0.05, 0) is 39.8 Å². The summed E-state index contributed by atoms with van der Waals surface area (Å²) < 4.78 is 5.64. The van der Waals surface area contributed by atoms with Crippen LogP contribution in [0.3, 0.4) is 0 Å². The van der Waals surface area contributed by atoms with Crippen LogP contribution >= 0.6 is 0 Å². The van der Waals surface area contributed by atoms with Crippen LogP contribution in [0.15, 0.2) is 18.2 Å². The molecule has 0 unspecified atom stereocenters. The fourth-order valence-electron chi connectivity index (χ4n) is 1.91. The second-order valence-corrected chi connectivity index (χ2v) is 5.73. The Bertz CT molecular complexity index is 652. The largest absolute Gasteiger partial charge is 0.489 e. The lowest BCUT2D eigenvalue weighted by molar-refractivity contribution is -0.125. The molecule has 0 aliphatic heterocycles. The molecule has 0 bridgehead atoms. The molecule has 0 fully saturated rings. The van der Waals surface area contributed by atoms with Crippen LogP contribution in [0.1, 0.15) is 40.5 Å². The van der Waals surface area contributed by atoms with E-state index in [1.807, 2.05) is 13.8 Å². The highest BCUT2D eigenvalue weighted by molar-refractivity contribution is 6.05. The van der Waals surface area contributed by atoms with E-state index in [2.05, 4.69) is 10.6 Å². The molecule has 1 rings (SSSR count). The topological polar surface area (TPSA) is 102 Å². The van der Waals surface area contributed by atoms with Crippen molar-refractivity contribution < 1.29 is 23.9 Å². The Hall–Kier alpha value is -2.70. The number of benzene rings is 1. The van der Waals surface area contributed by atoms with Gasteiger partial charge in [0.15, 0.2) is 0 Å². The smallest absolute Gasteiger partial charge is 0.231 e. The summed E-state index contributed by atoms with van der Waals surface area (Å²) in [5.74, 6) is -0.982. The Morgan fingerprint density at radius 1 is 0.958 bits per heavy atom. The Labute approximate surface area is 140 Å². The highest BCUT2D eigenvalue weighted by Gasteiger charge is 2.13. The number of anilines is 2. The molecule has 0 saturated carbocycles. The Morgan fingerprint density at radius 2 is 1.50 bits per heavy atom. The highest BCUT2D eigenvalue weighted by atomic mass is 16.5. The van der Waals surface area contributed by atoms with Crippen LogP contribution < -0.4 is 15.4 Å². The molecule has 1 aromatic rings. The number of hydrogen-bond donors (Lipinski definition) is 2. The van der Waals surface area contributed by atoms with Gasteiger partial charge in [-0.25, -0.2) is 0 Å². The average Bonchev–Trinajstić information content (AvgIpc) is 2.39. The zero-order valence-corrected chi connectivity index (χ0v) is 14.3. The summed E-state index contributed by atoms with van der Waals surface area (Å²) in [7, 11) is 0. The minimum absolute atomic E-state index is 0.156. The van der Waals surface area contributed by atoms with E-state index in [-0.39, 0.29) is 30.5 Å². The first kappa shape index (κ1) is 19.3. The van der Waals surface area contributed by atoms with Gasteiger partial charge in [-0.3, -0.25) is 19.2 Å². The maximum atomic E-state index is 11.8. The first-order chi connectivity index (χ1) is 11.2. The maximum absolute atomic E-state index is 11.8. The molecule has 2 N–H and O–H groups in total. The van der Waals surface area contributed by atoms with E-state index in [4.69, 9.17) is 4.74 Å². The van der Waals surface area contributed by atoms with Crippen molar-refractivity contribution in [2.24, 2.45) is 0 Å². The summed E-state index contributed by atoms with van der Waals surface area (Å²) in [6.45, 7) is 6.31. The van der Waals surface area contributed by atoms with Crippen molar-refractivity contribution in [3.8, 4) is 5.75 Å². The molecule has 0 atom stereocenters. The number of hydrogen-bond acceptors (Lipinski definition) is 5. The molecule has 0 aliphatic rings. The number of ether oxygens (including phenoxy) is 1. The van der Waals surface area contributed by atoms with E-state index in [0.717, 1.165) is 0 Å². The average molecular weight is 334 g/mol. The first-order valence-corrected chi connectivity index (χ1v) is 7.56. The van der Waals surface area contributed by atoms with Crippen LogP contribution in [0.25, 0.3) is 0 Å². The summed E-state index contributed by atoms with van der Waals surface area (Å²) in [6.07, 6.45) is -0.591. The van der Waals surface area contributed by atoms with E-state index >= 15 is 0 Å². The van der Waals surface area contributed by atoms with Gasteiger partial charge in [0, 0.05) is 11.8 Å². The molecule has 7 heteroatoms. The molecule has 2 amide bonds. The zero-order chi connectivity index (χ0) is 18.3. The Balaban J connectivity index is 2.95. The lowest BCUT2D eigenvalue weighted by Gasteiger charge is -2.16. The molecular formula is C17H22N2O5. The monoisotopic (exact) mass is 334 g/mol. The van der Waals surface area contributed by atoms with Gasteiger partial charge >= 0.3 is 0 Å². The number of rotatable bonds is 8. The van der Waals surface area contributed by atoms with Crippen molar-refractivity contribution in [2.75, 3.05) is 10.6 Å². The molecule has 24 heavy (non-hydrogen) atoms. The standard InChI is InChI=1S/C17H22N2O5/c1-10(2)24-15-9-13(18-16(22)7-11(3)20)5-6-14(15)19-17(23)8-12(4)21/h5-6,9-10H,7-8H2,1-4H3,(H,18,22)(H,19,23). The van der Waals surface area contributed by atoms with Crippen LogP contribution in [0.4, 0.5) is 11.4 Å². The van der Waals surface area contributed by atoms with Crippen LogP contribution in [-0.2, 0) is 19.2 Å². The van der Waals surface area contributed by atoms with E-state index in [1.165, 1.54) is 13.8 Å². The third kappa shape index (κ3) is 7.04. The van der Waals surface area contributed by atoms with Gasteiger partial charge in [0.1, 0.15) is 17.3 Å². The van der Waals surface area contributed by atoms with Crippen molar-refractivity contribution in [1.82, 2.24) is 0 Å². The first-order valence-electron chi connectivity index (χ1n) is 7.56. The van der Waals surface area contributed by atoms with Crippen molar-refractivity contribution in [3.05, 3.63) is 18.2 Å². The second kappa shape index (κ2) is 8.81. The summed E-state index contributed by atoms with van der Waals surface area (Å²) in [6, 6.07) is 4.70. The van der Waals surface area contributed by atoms with Gasteiger partial charge in [-0.2, -0.15) is 0 Å². The highest BCUT2D eigenvalue weighted by Crippen LogP contribution is 2.29. The van der Waals surface area contributed by atoms with Crippen molar-refractivity contribution in [2.45, 2.75) is 46.6 Å². The molecule has 1 aromatic carbocycles. The molecule has 0 heterocycles. The SMILES string of the molecule is CC(=O)CC(=O)Nc1ccc(NC(=O)CC(C)=O)c(OC(C)C)c1. The molecule has 130 valence electrons. The quantitative estimate of drug-likeness (QED) is 0.710. The van der Waals surface area contributed by atoms with Crippen molar-refractivity contribution in [3.63, 3.8) is 0 Å². The number of ketones is 2. The Morgan fingerprint density at radius 3 is 2.00 bits per heavy atom. The number of amides is 2. The van der Waals surface area contributed by atoms with E-state index in [1.54, 1.807) is 18.2 Å². The van der Waals surface area contributed by atoms with Crippen LogP contribution in [-0.4, -0.2) is 29.5 Å². The number of carbonyl (C=O) groups excluding carboxylic acids is 4. The summed E-state index contributed by atoms with van der Waals surface area (Å²) >= 11 is 0. The molecule has 0 radical (unpaired) electrons. The normalized spacial score (nSPS) is 10.2. The minimum atomic E-state index is -0.440. The molecule has 0 saturated heterocycles. The predicted octanol–water partition coefficient (Wildman–Crippen LogP) is 2.31. The second-order valence-electron chi connectivity index (χ2n) is 5.73. The summed E-state index contributed by atoms with van der Waals surface area (Å²) in [4.78, 5) is 45.4. The summed E-state index contributed by atoms with van der Waals surface area (Å²) in [5, 5.41) is 5.20. The van der Waals surface area contributed by atoms with E-state index in [9.17, 15) is 19.2 Å². The lowest BCUT2D eigenvalue weighted by Crippen LogP contribution is -2.17. The zero-order valence-electron chi connectivity index (χ0n) is 14.3. The van der Waals surface area contributed by atoms with Gasteiger partial charge in [-0.1, -0.05) is 0 Å². The van der Waals surface area contributed by atoms with Crippen molar-refractivity contribution >= 4 is 34.8 Å². The van der Waals surface area contributed by atoms with Crippen LogP contribution in [0, 0.1) is 0 Å². The fourth-order valence-corrected chi connectivity index (χ4v) is 1.91. The minimum Gasteiger partial charge on any atom is -0.489 e. The van der Waals surface area contributed by atoms with Crippen molar-refractivity contribution in [1.29, 1.82) is 0 Å². The third-order valence-corrected chi connectivity index (χ3v) is 2.72. The van der Waals surface area contributed by atoms with Gasteiger partial charge in [0.2, 0.25) is 11.8 Å². The summed E-state index contributed by atoms with van der Waals surface area (Å²) in [5.41, 5.74) is 0.848. The molecule has 0 aliphatic carbocycles. The van der Waals surface area contributed by atoms with Crippen LogP contribution in [0.2, 0.25) is 0 Å². The maximum Gasteiger partial charge on any atom is 0.231 e. The van der Waals surface area contributed by atoms with Gasteiger partial charge in [0.05, 0.1) is 24.6 Å². The van der Waals surface area contributed by atoms with E-state index < -0.39 is 11.8 Å².